The van der Waals surface area contributed by atoms with Gasteiger partial charge in [0.2, 0.25) is 0 Å². The van der Waals surface area contributed by atoms with Crippen molar-refractivity contribution in [3.05, 3.63) is 11.6 Å². The van der Waals surface area contributed by atoms with Gasteiger partial charge in [0.15, 0.2) is 0 Å². The van der Waals surface area contributed by atoms with Crippen LogP contribution in [0.5, 0.6) is 0 Å². The van der Waals surface area contributed by atoms with E-state index in [4.69, 9.17) is 5.41 Å². The lowest BCUT2D eigenvalue weighted by molar-refractivity contribution is 1.16. The number of rotatable bonds is 0. The Hall–Kier alpha value is -0.590. The van der Waals surface area contributed by atoms with Crippen molar-refractivity contribution >= 4 is 5.71 Å². The van der Waals surface area contributed by atoms with Crippen molar-refractivity contribution in [3.63, 3.8) is 0 Å². The molecule has 0 aromatic heterocycles. The Balaban J connectivity index is 2.39. The summed E-state index contributed by atoms with van der Waals surface area (Å²) in [6, 6.07) is 0. The van der Waals surface area contributed by atoms with E-state index < -0.39 is 0 Å². The van der Waals surface area contributed by atoms with Gasteiger partial charge in [0.25, 0.3) is 0 Å². The molecule has 36 valence electrons. The summed E-state index contributed by atoms with van der Waals surface area (Å²) < 4.78 is 0. The number of fused-ring (bicyclic) bond motifs is 1. The lowest BCUT2D eigenvalue weighted by Crippen LogP contribution is -1.90. The summed E-state index contributed by atoms with van der Waals surface area (Å²) >= 11 is 0. The largest absolute Gasteiger partial charge is 0.309 e. The highest BCUT2D eigenvalue weighted by molar-refractivity contribution is 5.95. The van der Waals surface area contributed by atoms with Crippen molar-refractivity contribution < 1.29 is 0 Å². The Kier molecular flexibility index (Phi) is 0.394. The highest BCUT2D eigenvalue weighted by Gasteiger charge is 2.36. The zero-order chi connectivity index (χ0) is 4.85. The monoisotopic (exact) mass is 93.1 g/mol. The van der Waals surface area contributed by atoms with E-state index in [9.17, 15) is 0 Å². The van der Waals surface area contributed by atoms with Crippen molar-refractivity contribution in [1.82, 2.24) is 0 Å². The minimum Gasteiger partial charge on any atom is -0.309 e. The fraction of sp³-hybridized carbons (Fsp3) is 0.500. The van der Waals surface area contributed by atoms with Crippen LogP contribution in [0.4, 0.5) is 0 Å². The molecule has 7 heavy (non-hydrogen) atoms. The summed E-state index contributed by atoms with van der Waals surface area (Å²) in [4.78, 5) is 0. The SMILES string of the molecule is N=C1CC=C2CC12. The maximum Gasteiger partial charge on any atom is 0.0216 e. The highest BCUT2D eigenvalue weighted by atomic mass is 14.5. The summed E-state index contributed by atoms with van der Waals surface area (Å²) in [5.74, 6) is 0.625. The molecule has 0 spiro atoms. The molecule has 2 aliphatic carbocycles. The molecule has 0 bridgehead atoms. The number of allylic oxidation sites excluding steroid dienone is 2. The van der Waals surface area contributed by atoms with E-state index in [1.807, 2.05) is 0 Å². The van der Waals surface area contributed by atoms with Crippen molar-refractivity contribution in [2.75, 3.05) is 0 Å². The van der Waals surface area contributed by atoms with Gasteiger partial charge < -0.3 is 5.41 Å². The van der Waals surface area contributed by atoms with E-state index in [0.29, 0.717) is 5.92 Å². The summed E-state index contributed by atoms with van der Waals surface area (Å²) in [6.45, 7) is 0. The number of hydrogen-bond donors (Lipinski definition) is 1. The Morgan fingerprint density at radius 1 is 1.71 bits per heavy atom. The van der Waals surface area contributed by atoms with Crippen LogP contribution in [-0.4, -0.2) is 5.71 Å². The molecular weight excluding hydrogens is 86.1 g/mol. The average molecular weight is 93.1 g/mol. The maximum absolute atomic E-state index is 7.24. The van der Waals surface area contributed by atoms with Crippen LogP contribution in [0.3, 0.4) is 0 Å². The van der Waals surface area contributed by atoms with Gasteiger partial charge in [-0.1, -0.05) is 11.6 Å². The van der Waals surface area contributed by atoms with E-state index in [1.165, 1.54) is 12.0 Å². The van der Waals surface area contributed by atoms with Crippen LogP contribution in [0.25, 0.3) is 0 Å². The molecule has 2 aliphatic rings. The summed E-state index contributed by atoms with van der Waals surface area (Å²) in [5, 5.41) is 7.24. The highest BCUT2D eigenvalue weighted by Crippen LogP contribution is 2.44. The normalized spacial score (nSPS) is 35.1. The number of nitrogens with one attached hydrogen (secondary N) is 1. The molecule has 1 saturated carbocycles. The van der Waals surface area contributed by atoms with Gasteiger partial charge in [0.1, 0.15) is 0 Å². The van der Waals surface area contributed by atoms with E-state index in [0.717, 1.165) is 12.1 Å². The molecule has 2 rings (SSSR count). The third kappa shape index (κ3) is 0.303. The molecule has 0 amide bonds. The van der Waals surface area contributed by atoms with Gasteiger partial charge in [-0.3, -0.25) is 0 Å². The van der Waals surface area contributed by atoms with E-state index in [-0.39, 0.29) is 0 Å². The molecule has 0 radical (unpaired) electrons. The molecule has 1 unspecified atom stereocenters. The Morgan fingerprint density at radius 2 is 2.57 bits per heavy atom. The number of hydrogen-bond acceptors (Lipinski definition) is 1. The lowest BCUT2D eigenvalue weighted by atomic mass is 10.2. The Bertz CT molecular complexity index is 156. The molecule has 0 saturated heterocycles. The zero-order valence-corrected chi connectivity index (χ0v) is 4.07. The maximum atomic E-state index is 7.24. The average Bonchev–Trinajstić information content (AvgIpc) is 2.33. The summed E-state index contributed by atoms with van der Waals surface area (Å²) in [5.41, 5.74) is 2.46. The van der Waals surface area contributed by atoms with Gasteiger partial charge in [-0.25, -0.2) is 0 Å². The second-order valence-electron chi connectivity index (χ2n) is 2.27. The summed E-state index contributed by atoms with van der Waals surface area (Å²) in [6.07, 6.45) is 4.34. The first-order chi connectivity index (χ1) is 3.38. The zero-order valence-electron chi connectivity index (χ0n) is 4.07. The third-order valence-electron chi connectivity index (χ3n) is 1.73. The first-order valence-corrected chi connectivity index (χ1v) is 2.64. The molecule has 0 heterocycles. The van der Waals surface area contributed by atoms with Crippen LogP contribution in [0.1, 0.15) is 12.8 Å². The van der Waals surface area contributed by atoms with Gasteiger partial charge in [-0.05, 0) is 6.42 Å². The topological polar surface area (TPSA) is 23.9 Å². The smallest absolute Gasteiger partial charge is 0.0216 e. The van der Waals surface area contributed by atoms with Crippen LogP contribution in [0.15, 0.2) is 11.6 Å². The van der Waals surface area contributed by atoms with Crippen molar-refractivity contribution in [2.45, 2.75) is 12.8 Å². The molecule has 1 heteroatoms. The van der Waals surface area contributed by atoms with E-state index in [1.54, 1.807) is 0 Å². The lowest BCUT2D eigenvalue weighted by Gasteiger charge is -1.84. The second-order valence-corrected chi connectivity index (χ2v) is 2.27. The van der Waals surface area contributed by atoms with Gasteiger partial charge in [-0.15, -0.1) is 0 Å². The van der Waals surface area contributed by atoms with Crippen LogP contribution in [0.2, 0.25) is 0 Å². The molecule has 1 nitrogen and oxygen atoms in total. The fourth-order valence-corrected chi connectivity index (χ4v) is 1.13. The van der Waals surface area contributed by atoms with Crippen LogP contribution >= 0.6 is 0 Å². The minimum atomic E-state index is 0.625. The molecule has 0 aromatic rings. The van der Waals surface area contributed by atoms with Gasteiger partial charge >= 0.3 is 0 Å². The second kappa shape index (κ2) is 0.808. The molecule has 0 aliphatic heterocycles. The predicted octanol–water partition coefficient (Wildman–Crippen LogP) is 1.36. The van der Waals surface area contributed by atoms with Crippen molar-refractivity contribution in [1.29, 1.82) is 5.41 Å². The van der Waals surface area contributed by atoms with E-state index >= 15 is 0 Å². The third-order valence-corrected chi connectivity index (χ3v) is 1.73. The Morgan fingerprint density at radius 3 is 2.71 bits per heavy atom. The molecule has 1 atom stereocenters. The molecule has 1 fully saturated rings. The quantitative estimate of drug-likeness (QED) is 0.437. The Labute approximate surface area is 42.5 Å². The summed E-state index contributed by atoms with van der Waals surface area (Å²) in [7, 11) is 0. The van der Waals surface area contributed by atoms with Crippen LogP contribution in [-0.2, 0) is 0 Å². The minimum absolute atomic E-state index is 0.625. The fourth-order valence-electron chi connectivity index (χ4n) is 1.13. The van der Waals surface area contributed by atoms with Crippen LogP contribution < -0.4 is 0 Å². The van der Waals surface area contributed by atoms with Gasteiger partial charge in [0, 0.05) is 18.1 Å². The predicted molar refractivity (Wildman–Crippen MR) is 28.5 cm³/mol. The molecular formula is C6H7N. The van der Waals surface area contributed by atoms with Gasteiger partial charge in [0.05, 0.1) is 0 Å². The van der Waals surface area contributed by atoms with Crippen molar-refractivity contribution in [2.24, 2.45) is 5.92 Å². The molecule has 1 N–H and O–H groups in total. The molecule has 0 aromatic carbocycles. The van der Waals surface area contributed by atoms with Gasteiger partial charge in [-0.2, -0.15) is 0 Å². The first kappa shape index (κ1) is 3.42. The van der Waals surface area contributed by atoms with Crippen molar-refractivity contribution in [3.8, 4) is 0 Å². The van der Waals surface area contributed by atoms with Crippen LogP contribution in [0, 0.1) is 11.3 Å². The van der Waals surface area contributed by atoms with E-state index in [2.05, 4.69) is 6.08 Å². The standard InChI is InChI=1S/C6H7N/c7-6-2-1-4-3-5(4)6/h1,5,7H,2-3H2. The first-order valence-electron chi connectivity index (χ1n) is 2.64.